The molecular formula is C28H24FN7O3. The van der Waals surface area contributed by atoms with Gasteiger partial charge in [-0.15, -0.1) is 10.2 Å². The molecule has 0 spiro atoms. The van der Waals surface area contributed by atoms with E-state index < -0.39 is 5.82 Å². The zero-order valence-corrected chi connectivity index (χ0v) is 21.0. The van der Waals surface area contributed by atoms with E-state index >= 15 is 0 Å². The number of carbonyl (C=O) groups is 1. The van der Waals surface area contributed by atoms with Gasteiger partial charge in [-0.3, -0.25) is 9.36 Å². The average molecular weight is 526 g/mol. The first-order valence-corrected chi connectivity index (χ1v) is 12.6. The molecule has 11 heteroatoms. The van der Waals surface area contributed by atoms with Crippen LogP contribution in [0.5, 0.6) is 5.75 Å². The number of amides is 1. The van der Waals surface area contributed by atoms with Crippen molar-refractivity contribution in [3.05, 3.63) is 95.6 Å². The van der Waals surface area contributed by atoms with E-state index in [-0.39, 0.29) is 17.9 Å². The number of nitrogens with zero attached hydrogens (tertiary/aromatic N) is 6. The molecule has 4 aromatic heterocycles. The van der Waals surface area contributed by atoms with E-state index in [4.69, 9.17) is 4.74 Å². The van der Waals surface area contributed by atoms with Crippen LogP contribution in [0.4, 0.5) is 4.39 Å². The van der Waals surface area contributed by atoms with E-state index in [2.05, 4.69) is 25.5 Å². The average Bonchev–Trinajstić information content (AvgIpc) is 3.36. The molecule has 0 bridgehead atoms. The number of benzene rings is 1. The monoisotopic (exact) mass is 525 g/mol. The summed E-state index contributed by atoms with van der Waals surface area (Å²) in [4.78, 5) is 21.7. The normalized spacial score (nSPS) is 16.6. The van der Waals surface area contributed by atoms with Crippen molar-refractivity contribution in [1.82, 2.24) is 30.0 Å². The quantitative estimate of drug-likeness (QED) is 0.254. The minimum Gasteiger partial charge on any atom is -0.618 e. The number of hydrogen-bond donors (Lipinski definition) is 1. The van der Waals surface area contributed by atoms with E-state index in [1.54, 1.807) is 59.4 Å². The SMILES string of the molecule is CCOc1ccc(-c2nnc(C3CC(NC(=O)c4cc[n+]([O-])c5cccnc45)C3)n2-c2ccccc2F)nc1. The van der Waals surface area contributed by atoms with Crippen molar-refractivity contribution >= 4 is 16.9 Å². The van der Waals surface area contributed by atoms with Crippen molar-refractivity contribution in [2.24, 2.45) is 0 Å². The van der Waals surface area contributed by atoms with Crippen molar-refractivity contribution in [2.45, 2.75) is 31.7 Å². The molecule has 1 N–H and O–H groups in total. The molecular weight excluding hydrogens is 501 g/mol. The van der Waals surface area contributed by atoms with Gasteiger partial charge in [-0.25, -0.2) is 14.4 Å². The molecule has 10 nitrogen and oxygen atoms in total. The molecule has 0 aliphatic heterocycles. The smallest absolute Gasteiger partial charge is 0.254 e. The second-order valence-corrected chi connectivity index (χ2v) is 9.25. The molecule has 1 amide bonds. The largest absolute Gasteiger partial charge is 0.618 e. The van der Waals surface area contributed by atoms with Gasteiger partial charge in [-0.1, -0.05) is 12.1 Å². The fourth-order valence-corrected chi connectivity index (χ4v) is 4.84. The van der Waals surface area contributed by atoms with Crippen LogP contribution in [-0.4, -0.2) is 43.3 Å². The number of halogens is 1. The second-order valence-electron chi connectivity index (χ2n) is 9.25. The number of hydrogen-bond acceptors (Lipinski definition) is 7. The summed E-state index contributed by atoms with van der Waals surface area (Å²) in [5.74, 6) is 0.858. The van der Waals surface area contributed by atoms with Crippen molar-refractivity contribution in [3.63, 3.8) is 0 Å². The van der Waals surface area contributed by atoms with E-state index in [1.807, 2.05) is 6.92 Å². The fourth-order valence-electron chi connectivity index (χ4n) is 4.84. The minimum atomic E-state index is -0.408. The Hall–Kier alpha value is -4.93. The van der Waals surface area contributed by atoms with Crippen LogP contribution >= 0.6 is 0 Å². The minimum absolute atomic E-state index is 0.0618. The number of rotatable bonds is 7. The summed E-state index contributed by atoms with van der Waals surface area (Å²) in [6, 6.07) is 14.6. The van der Waals surface area contributed by atoms with Crippen molar-refractivity contribution in [3.8, 4) is 23.0 Å². The van der Waals surface area contributed by atoms with Crippen molar-refractivity contribution in [1.29, 1.82) is 0 Å². The molecule has 0 saturated heterocycles. The summed E-state index contributed by atoms with van der Waals surface area (Å²) < 4.78 is 22.8. The summed E-state index contributed by atoms with van der Waals surface area (Å²) in [6.07, 6.45) is 5.63. The number of pyridine rings is 3. The molecule has 0 radical (unpaired) electrons. The van der Waals surface area contributed by atoms with Crippen molar-refractivity contribution < 1.29 is 18.7 Å². The Balaban J connectivity index is 1.25. The lowest BCUT2D eigenvalue weighted by atomic mass is 9.79. The molecule has 1 fully saturated rings. The van der Waals surface area contributed by atoms with Gasteiger partial charge in [0.2, 0.25) is 5.52 Å². The standard InChI is InChI=1S/C28H24FN7O3/c1-2-39-19-9-10-22(31-16-19)27-34-33-26(36(27)23-7-4-3-6-21(23)29)17-14-18(15-17)32-28(37)20-11-13-35(38)24-8-5-12-30-25(20)24/h3-13,16-18H,2,14-15H2,1H3,(H,32,37). The summed E-state index contributed by atoms with van der Waals surface area (Å²) in [7, 11) is 0. The predicted octanol–water partition coefficient (Wildman–Crippen LogP) is 3.72. The Morgan fingerprint density at radius 2 is 1.97 bits per heavy atom. The number of para-hydroxylation sites is 1. The first-order chi connectivity index (χ1) is 19.0. The molecule has 0 unspecified atom stereocenters. The number of carbonyl (C=O) groups excluding carboxylic acids is 1. The molecule has 1 aliphatic rings. The summed E-state index contributed by atoms with van der Waals surface area (Å²) in [6.45, 7) is 2.41. The molecule has 4 heterocycles. The van der Waals surface area contributed by atoms with Crippen molar-refractivity contribution in [2.75, 3.05) is 6.61 Å². The van der Waals surface area contributed by atoms with Crippen LogP contribution in [0.2, 0.25) is 0 Å². The van der Waals surface area contributed by atoms with Crippen LogP contribution < -0.4 is 14.8 Å². The van der Waals surface area contributed by atoms with Gasteiger partial charge in [0.25, 0.3) is 5.91 Å². The Morgan fingerprint density at radius 1 is 1.13 bits per heavy atom. The topological polar surface area (TPSA) is 122 Å². The molecule has 196 valence electrons. The molecule has 1 aromatic carbocycles. The molecule has 0 atom stereocenters. The lowest BCUT2D eigenvalue weighted by Gasteiger charge is -2.35. The molecule has 1 aliphatic carbocycles. The zero-order valence-electron chi connectivity index (χ0n) is 21.0. The highest BCUT2D eigenvalue weighted by Crippen LogP contribution is 2.39. The van der Waals surface area contributed by atoms with Crippen LogP contribution in [0.25, 0.3) is 28.2 Å². The predicted molar refractivity (Wildman–Crippen MR) is 140 cm³/mol. The molecule has 39 heavy (non-hydrogen) atoms. The summed E-state index contributed by atoms with van der Waals surface area (Å²) in [5.41, 5.74) is 1.85. The lowest BCUT2D eigenvalue weighted by molar-refractivity contribution is -0.577. The Bertz CT molecular complexity index is 1670. The van der Waals surface area contributed by atoms with E-state index in [9.17, 15) is 14.4 Å². The number of ether oxygens (including phenoxy) is 1. The van der Waals surface area contributed by atoms with Gasteiger partial charge < -0.3 is 15.3 Å². The third kappa shape index (κ3) is 4.52. The van der Waals surface area contributed by atoms with E-state index in [1.165, 1.54) is 18.3 Å². The van der Waals surface area contributed by atoms with Gasteiger partial charge in [0.1, 0.15) is 28.6 Å². The van der Waals surface area contributed by atoms with Crippen LogP contribution in [0.15, 0.2) is 73.2 Å². The van der Waals surface area contributed by atoms with Gasteiger partial charge in [-0.05, 0) is 50.1 Å². The highest BCUT2D eigenvalue weighted by atomic mass is 19.1. The Morgan fingerprint density at radius 3 is 2.74 bits per heavy atom. The van der Waals surface area contributed by atoms with Crippen LogP contribution in [0.3, 0.4) is 0 Å². The van der Waals surface area contributed by atoms with Crippen LogP contribution in [-0.2, 0) is 0 Å². The third-order valence-electron chi connectivity index (χ3n) is 6.80. The van der Waals surface area contributed by atoms with E-state index in [0.717, 1.165) is 0 Å². The second kappa shape index (κ2) is 10.1. The molecule has 1 saturated carbocycles. The van der Waals surface area contributed by atoms with Gasteiger partial charge in [0.15, 0.2) is 12.0 Å². The van der Waals surface area contributed by atoms with Gasteiger partial charge in [0.05, 0.1) is 24.1 Å². The highest BCUT2D eigenvalue weighted by Gasteiger charge is 2.37. The maximum Gasteiger partial charge on any atom is 0.254 e. The Kier molecular flexibility index (Phi) is 6.31. The maximum absolute atomic E-state index is 15.0. The number of nitrogens with one attached hydrogen (secondary N) is 1. The van der Waals surface area contributed by atoms with E-state index in [0.29, 0.717) is 69.6 Å². The van der Waals surface area contributed by atoms with Gasteiger partial charge >= 0.3 is 0 Å². The molecule has 6 rings (SSSR count). The Labute approximate surface area is 222 Å². The van der Waals surface area contributed by atoms with Gasteiger partial charge in [-0.2, -0.15) is 4.73 Å². The number of fused-ring (bicyclic) bond motifs is 1. The zero-order chi connectivity index (χ0) is 26.9. The molecule has 5 aromatic rings. The van der Waals surface area contributed by atoms with Crippen LogP contribution in [0, 0.1) is 11.0 Å². The third-order valence-corrected chi connectivity index (χ3v) is 6.80. The number of aromatic nitrogens is 6. The van der Waals surface area contributed by atoms with Crippen LogP contribution in [0.1, 0.15) is 41.9 Å². The highest BCUT2D eigenvalue weighted by molar-refractivity contribution is 6.03. The lowest BCUT2D eigenvalue weighted by Crippen LogP contribution is -2.44. The summed E-state index contributed by atoms with van der Waals surface area (Å²) in [5, 5.41) is 23.9. The van der Waals surface area contributed by atoms with Gasteiger partial charge in [0, 0.05) is 30.3 Å². The first-order valence-electron chi connectivity index (χ1n) is 12.6. The fraction of sp³-hybridized carbons (Fsp3) is 0.214. The first kappa shape index (κ1) is 24.4. The summed E-state index contributed by atoms with van der Waals surface area (Å²) >= 11 is 0. The maximum atomic E-state index is 15.0.